The Morgan fingerprint density at radius 1 is 1.41 bits per heavy atom. The lowest BCUT2D eigenvalue weighted by molar-refractivity contribution is -0.140. The van der Waals surface area contributed by atoms with Crippen LogP contribution in [-0.4, -0.2) is 47.0 Å². The lowest BCUT2D eigenvalue weighted by Crippen LogP contribution is -2.33. The summed E-state index contributed by atoms with van der Waals surface area (Å²) in [6.07, 6.45) is 1.61. The van der Waals surface area contributed by atoms with E-state index in [0.717, 1.165) is 16.7 Å². The minimum atomic E-state index is -1.11. The van der Waals surface area contributed by atoms with Gasteiger partial charge in [-0.2, -0.15) is 0 Å². The molecule has 0 unspecified atom stereocenters. The molecule has 0 bridgehead atoms. The van der Waals surface area contributed by atoms with E-state index in [1.807, 2.05) is 0 Å². The molecule has 116 valence electrons. The second kappa shape index (κ2) is 6.80. The van der Waals surface area contributed by atoms with Crippen LogP contribution in [0.2, 0.25) is 0 Å². The summed E-state index contributed by atoms with van der Waals surface area (Å²) in [6.45, 7) is -0.447. The minimum Gasteiger partial charge on any atom is -0.497 e. The molecule has 8 heteroatoms. The van der Waals surface area contributed by atoms with Gasteiger partial charge in [0, 0.05) is 5.56 Å². The Kier molecular flexibility index (Phi) is 5.04. The summed E-state index contributed by atoms with van der Waals surface area (Å²) in [5, 5.41) is 8.82. The summed E-state index contributed by atoms with van der Waals surface area (Å²) in [4.78, 5) is 24.4. The Bertz CT molecular complexity index is 671. The second-order valence-electron chi connectivity index (χ2n) is 4.27. The third-order valence-electron chi connectivity index (χ3n) is 2.89. The van der Waals surface area contributed by atoms with Crippen molar-refractivity contribution in [1.29, 1.82) is 0 Å². The number of thioether (sulfide) groups is 1. The molecule has 1 aromatic carbocycles. The van der Waals surface area contributed by atoms with E-state index in [1.54, 1.807) is 24.3 Å². The molecule has 1 fully saturated rings. The van der Waals surface area contributed by atoms with Gasteiger partial charge in [-0.1, -0.05) is 24.0 Å². The van der Waals surface area contributed by atoms with Gasteiger partial charge in [0.2, 0.25) is 0 Å². The normalized spacial score (nSPS) is 16.3. The number of carbonyl (C=O) groups is 2. The van der Waals surface area contributed by atoms with Crippen LogP contribution in [0.25, 0.3) is 6.08 Å². The van der Waals surface area contributed by atoms with Crippen molar-refractivity contribution in [2.75, 3.05) is 20.8 Å². The lowest BCUT2D eigenvalue weighted by Gasteiger charge is -2.10. The van der Waals surface area contributed by atoms with Crippen molar-refractivity contribution >= 4 is 46.3 Å². The number of rotatable bonds is 5. The van der Waals surface area contributed by atoms with Crippen LogP contribution in [0.3, 0.4) is 0 Å². The van der Waals surface area contributed by atoms with Gasteiger partial charge in [0.25, 0.3) is 5.91 Å². The maximum Gasteiger partial charge on any atom is 0.323 e. The first-order valence-corrected chi connectivity index (χ1v) is 7.38. The Labute approximate surface area is 136 Å². The molecule has 0 atom stereocenters. The van der Waals surface area contributed by atoms with Gasteiger partial charge in [0.15, 0.2) is 0 Å². The third-order valence-corrected chi connectivity index (χ3v) is 4.27. The third kappa shape index (κ3) is 3.40. The summed E-state index contributed by atoms with van der Waals surface area (Å²) in [6, 6.07) is 5.19. The number of carbonyl (C=O) groups excluding carboxylic acids is 1. The SMILES string of the molecule is COc1ccc(OC)c(C=C2SC(=S)N(CC(=O)O)C2=O)c1. The molecule has 0 aliphatic carbocycles. The van der Waals surface area contributed by atoms with Gasteiger partial charge >= 0.3 is 5.97 Å². The zero-order valence-corrected chi connectivity index (χ0v) is 13.5. The van der Waals surface area contributed by atoms with Crippen molar-refractivity contribution in [2.45, 2.75) is 0 Å². The predicted octanol–water partition coefficient (Wildman–Crippen LogP) is 1.99. The van der Waals surface area contributed by atoms with Crippen LogP contribution in [0.5, 0.6) is 11.5 Å². The summed E-state index contributed by atoms with van der Waals surface area (Å²) in [5.41, 5.74) is 0.651. The lowest BCUT2D eigenvalue weighted by atomic mass is 10.1. The number of aliphatic carboxylic acids is 1. The molecule has 2 rings (SSSR count). The zero-order valence-electron chi connectivity index (χ0n) is 11.9. The van der Waals surface area contributed by atoms with Gasteiger partial charge in [-0.25, -0.2) is 0 Å². The molecule has 22 heavy (non-hydrogen) atoms. The molecule has 1 saturated heterocycles. The molecular formula is C14H13NO5S2. The van der Waals surface area contributed by atoms with Crippen LogP contribution in [0.15, 0.2) is 23.1 Å². The monoisotopic (exact) mass is 339 g/mol. The fraction of sp³-hybridized carbons (Fsp3) is 0.214. The molecular weight excluding hydrogens is 326 g/mol. The van der Waals surface area contributed by atoms with Crippen LogP contribution >= 0.6 is 24.0 Å². The number of nitrogens with zero attached hydrogens (tertiary/aromatic N) is 1. The van der Waals surface area contributed by atoms with E-state index >= 15 is 0 Å². The highest BCUT2D eigenvalue weighted by Crippen LogP contribution is 2.35. The smallest absolute Gasteiger partial charge is 0.323 e. The van der Waals surface area contributed by atoms with Gasteiger partial charge in [-0.3, -0.25) is 14.5 Å². The van der Waals surface area contributed by atoms with Gasteiger partial charge < -0.3 is 14.6 Å². The number of carboxylic acid groups (broad SMARTS) is 1. The molecule has 1 aliphatic heterocycles. The van der Waals surface area contributed by atoms with Crippen LogP contribution in [0.1, 0.15) is 5.56 Å². The van der Waals surface area contributed by atoms with Crippen molar-refractivity contribution < 1.29 is 24.2 Å². The van der Waals surface area contributed by atoms with E-state index in [0.29, 0.717) is 22.0 Å². The summed E-state index contributed by atoms with van der Waals surface area (Å²) < 4.78 is 10.6. The van der Waals surface area contributed by atoms with Crippen molar-refractivity contribution in [3.63, 3.8) is 0 Å². The van der Waals surface area contributed by atoms with Gasteiger partial charge in [-0.05, 0) is 24.3 Å². The van der Waals surface area contributed by atoms with Gasteiger partial charge in [0.1, 0.15) is 22.4 Å². The van der Waals surface area contributed by atoms with Crippen LogP contribution in [0, 0.1) is 0 Å². The highest BCUT2D eigenvalue weighted by atomic mass is 32.2. The number of amides is 1. The van der Waals surface area contributed by atoms with Gasteiger partial charge in [-0.15, -0.1) is 0 Å². The first-order chi connectivity index (χ1) is 10.5. The molecule has 1 aromatic rings. The molecule has 0 radical (unpaired) electrons. The van der Waals surface area contributed by atoms with Crippen LogP contribution in [-0.2, 0) is 9.59 Å². The van der Waals surface area contributed by atoms with E-state index in [1.165, 1.54) is 14.2 Å². The highest BCUT2D eigenvalue weighted by molar-refractivity contribution is 8.26. The Morgan fingerprint density at radius 2 is 2.14 bits per heavy atom. The van der Waals surface area contributed by atoms with Gasteiger partial charge in [0.05, 0.1) is 19.1 Å². The number of thiocarbonyl (C=S) groups is 1. The Hall–Kier alpha value is -2.06. The number of hydrogen-bond donors (Lipinski definition) is 1. The average molecular weight is 339 g/mol. The zero-order chi connectivity index (χ0) is 16.3. The Morgan fingerprint density at radius 3 is 2.73 bits per heavy atom. The summed E-state index contributed by atoms with van der Waals surface area (Å²) >= 11 is 6.11. The maximum atomic E-state index is 12.2. The molecule has 1 aliphatic rings. The number of carboxylic acids is 1. The van der Waals surface area contributed by atoms with Crippen LogP contribution in [0.4, 0.5) is 0 Å². The van der Waals surface area contributed by atoms with Crippen molar-refractivity contribution in [3.05, 3.63) is 28.7 Å². The van der Waals surface area contributed by atoms with Crippen LogP contribution < -0.4 is 9.47 Å². The topological polar surface area (TPSA) is 76.1 Å². The van der Waals surface area contributed by atoms with E-state index in [4.69, 9.17) is 26.8 Å². The maximum absolute atomic E-state index is 12.2. The highest BCUT2D eigenvalue weighted by Gasteiger charge is 2.33. The quantitative estimate of drug-likeness (QED) is 0.649. The van der Waals surface area contributed by atoms with E-state index < -0.39 is 18.4 Å². The van der Waals surface area contributed by atoms with Crippen molar-refractivity contribution in [2.24, 2.45) is 0 Å². The summed E-state index contributed by atoms with van der Waals surface area (Å²) in [7, 11) is 3.06. The second-order valence-corrected chi connectivity index (χ2v) is 5.95. The molecule has 0 saturated carbocycles. The molecule has 1 heterocycles. The summed E-state index contributed by atoms with van der Waals surface area (Å²) in [5.74, 6) is -0.351. The first kappa shape index (κ1) is 16.3. The number of hydrogen-bond acceptors (Lipinski definition) is 6. The molecule has 0 aromatic heterocycles. The standard InChI is InChI=1S/C14H13NO5S2/c1-19-9-3-4-10(20-2)8(5-9)6-11-13(18)15(7-12(16)17)14(21)22-11/h3-6H,7H2,1-2H3,(H,16,17). The Balaban J connectivity index is 2.36. The van der Waals surface area contributed by atoms with Crippen molar-refractivity contribution in [1.82, 2.24) is 4.90 Å². The fourth-order valence-electron chi connectivity index (χ4n) is 1.86. The minimum absolute atomic E-state index is 0.223. The number of benzene rings is 1. The molecule has 6 nitrogen and oxygen atoms in total. The van der Waals surface area contributed by atoms with Crippen molar-refractivity contribution in [3.8, 4) is 11.5 Å². The number of ether oxygens (including phenoxy) is 2. The molecule has 0 spiro atoms. The average Bonchev–Trinajstić information content (AvgIpc) is 2.74. The van der Waals surface area contributed by atoms with E-state index in [-0.39, 0.29) is 4.32 Å². The fourth-order valence-corrected chi connectivity index (χ4v) is 3.11. The van der Waals surface area contributed by atoms with E-state index in [2.05, 4.69) is 0 Å². The molecule has 1 N–H and O–H groups in total. The number of methoxy groups -OCH3 is 2. The molecule has 1 amide bonds. The largest absolute Gasteiger partial charge is 0.497 e. The van der Waals surface area contributed by atoms with E-state index in [9.17, 15) is 9.59 Å². The predicted molar refractivity (Wildman–Crippen MR) is 87.1 cm³/mol. The first-order valence-electron chi connectivity index (χ1n) is 6.15.